The summed E-state index contributed by atoms with van der Waals surface area (Å²) >= 11 is 0. The van der Waals surface area contributed by atoms with Gasteiger partial charge in [-0.05, 0) is 20.3 Å². The van der Waals surface area contributed by atoms with E-state index < -0.39 is 0 Å². The van der Waals surface area contributed by atoms with Gasteiger partial charge in [-0.1, -0.05) is 41.2 Å². The summed E-state index contributed by atoms with van der Waals surface area (Å²) in [7, 11) is 0. The number of hydrogen-bond donors (Lipinski definition) is 0. The molecule has 0 rings (SSSR count). The Morgan fingerprint density at radius 2 is 1.40 bits per heavy atom. The van der Waals surface area contributed by atoms with Crippen molar-refractivity contribution in [1.82, 2.24) is 0 Å². The molecule has 0 unspecified atom stereocenters. The minimum absolute atomic E-state index is 0.726. The van der Waals surface area contributed by atoms with Crippen molar-refractivity contribution in [2.75, 3.05) is 19.8 Å². The molecule has 0 fully saturated rings. The second kappa shape index (κ2) is 49.9. The zero-order valence-corrected chi connectivity index (χ0v) is 11.9. The first kappa shape index (κ1) is 24.0. The second-order valence-electron chi connectivity index (χ2n) is 1.82. The third-order valence-corrected chi connectivity index (χ3v) is 0.837. The van der Waals surface area contributed by atoms with E-state index in [0.29, 0.717) is 0 Å². The van der Waals surface area contributed by atoms with Crippen LogP contribution in [0.2, 0.25) is 0 Å². The van der Waals surface area contributed by atoms with Crippen molar-refractivity contribution in [2.24, 2.45) is 0 Å². The number of rotatable bonds is 5. The molecule has 0 bridgehead atoms. The van der Waals surface area contributed by atoms with Crippen LogP contribution in [0.15, 0.2) is 12.8 Å². The second-order valence-corrected chi connectivity index (χ2v) is 1.82. The van der Waals surface area contributed by atoms with Crippen LogP contribution in [0.3, 0.4) is 0 Å². The fourth-order valence-corrected chi connectivity index (χ4v) is 0.407. The Bertz CT molecular complexity index is 59.6. The highest BCUT2D eigenvalue weighted by atomic mass is 16.5. The molecule has 96 valence electrons. The molecule has 0 atom stereocenters. The van der Waals surface area contributed by atoms with E-state index in [0.717, 1.165) is 26.2 Å². The summed E-state index contributed by atoms with van der Waals surface area (Å²) in [5, 5.41) is 0. The highest BCUT2D eigenvalue weighted by Gasteiger charge is 1.72. The molecule has 0 radical (unpaired) electrons. The van der Waals surface area contributed by atoms with Crippen LogP contribution >= 0.6 is 0 Å². The van der Waals surface area contributed by atoms with E-state index in [1.807, 2.05) is 41.5 Å². The van der Waals surface area contributed by atoms with Gasteiger partial charge in [-0.15, -0.1) is 0 Å². The van der Waals surface area contributed by atoms with E-state index in [1.165, 1.54) is 6.26 Å². The van der Waals surface area contributed by atoms with Gasteiger partial charge in [-0.25, -0.2) is 0 Å². The van der Waals surface area contributed by atoms with E-state index in [1.54, 1.807) is 0 Å². The largest absolute Gasteiger partial charge is 0.502 e. The van der Waals surface area contributed by atoms with E-state index in [4.69, 9.17) is 4.74 Å². The Hall–Kier alpha value is -0.500. The van der Waals surface area contributed by atoms with Gasteiger partial charge in [0.15, 0.2) is 0 Å². The van der Waals surface area contributed by atoms with Crippen molar-refractivity contribution in [3.05, 3.63) is 12.8 Å². The van der Waals surface area contributed by atoms with Gasteiger partial charge in [0.05, 0.1) is 12.9 Å². The maximum Gasteiger partial charge on any atom is 0.0844 e. The smallest absolute Gasteiger partial charge is 0.0844 e. The van der Waals surface area contributed by atoms with Gasteiger partial charge in [0.25, 0.3) is 0 Å². The van der Waals surface area contributed by atoms with Gasteiger partial charge >= 0.3 is 0 Å². The molecule has 0 aliphatic heterocycles. The molecule has 2 heteroatoms. The van der Waals surface area contributed by atoms with E-state index in [2.05, 4.69) is 18.2 Å². The summed E-state index contributed by atoms with van der Waals surface area (Å²) in [5.41, 5.74) is 0. The minimum atomic E-state index is 0.726. The van der Waals surface area contributed by atoms with Crippen LogP contribution in [-0.4, -0.2) is 19.8 Å². The molecule has 2 nitrogen and oxygen atoms in total. The minimum Gasteiger partial charge on any atom is -0.502 e. The van der Waals surface area contributed by atoms with Crippen LogP contribution in [0.1, 0.15) is 54.9 Å². The summed E-state index contributed by atoms with van der Waals surface area (Å²) in [6.45, 7) is 19.9. The lowest BCUT2D eigenvalue weighted by Gasteiger charge is -1.91. The maximum absolute atomic E-state index is 4.98. The normalized spacial score (nSPS) is 6.60. The Morgan fingerprint density at radius 3 is 1.47 bits per heavy atom. The first-order chi connectivity index (χ1) is 7.33. The molecule has 0 spiro atoms. The Kier molecular flexibility index (Phi) is 79.8. The third kappa shape index (κ3) is 88.2. The summed E-state index contributed by atoms with van der Waals surface area (Å²) < 4.78 is 9.58. The summed E-state index contributed by atoms with van der Waals surface area (Å²) in [4.78, 5) is 0. The first-order valence-corrected chi connectivity index (χ1v) is 6.13. The van der Waals surface area contributed by atoms with Gasteiger partial charge in [0, 0.05) is 13.2 Å². The average Bonchev–Trinajstić information content (AvgIpc) is 2.33. The summed E-state index contributed by atoms with van der Waals surface area (Å²) in [6.07, 6.45) is 2.56. The van der Waals surface area contributed by atoms with Crippen molar-refractivity contribution < 1.29 is 9.47 Å². The van der Waals surface area contributed by atoms with Gasteiger partial charge in [-0.3, -0.25) is 0 Å². The fraction of sp³-hybridized carbons (Fsp3) is 0.846. The standard InChI is InChI=1S/C5H12O.C4H8O.2C2H6/c1-3-5-6-4-2;1-3-5-4-2;2*1-2/h3-5H2,1-2H3;3H,1,4H2,2H3;2*1-2H3. The zero-order chi connectivity index (χ0) is 12.9. The average molecular weight is 220 g/mol. The summed E-state index contributed by atoms with van der Waals surface area (Å²) in [5.74, 6) is 0. The van der Waals surface area contributed by atoms with Crippen LogP contribution in [0.25, 0.3) is 0 Å². The van der Waals surface area contributed by atoms with E-state index in [9.17, 15) is 0 Å². The Balaban J connectivity index is -0.0000000610. The highest BCUT2D eigenvalue weighted by Crippen LogP contribution is 1.75. The van der Waals surface area contributed by atoms with Crippen LogP contribution in [0, 0.1) is 0 Å². The quantitative estimate of drug-likeness (QED) is 0.496. The molecule has 0 aromatic heterocycles. The van der Waals surface area contributed by atoms with E-state index >= 15 is 0 Å². The lowest BCUT2D eigenvalue weighted by Crippen LogP contribution is -1.88. The SMILES string of the molecule is C=COCC.CC.CC.CCCOCC. The van der Waals surface area contributed by atoms with Crippen molar-refractivity contribution in [1.29, 1.82) is 0 Å². The molecule has 0 aliphatic carbocycles. The van der Waals surface area contributed by atoms with Crippen molar-refractivity contribution in [3.63, 3.8) is 0 Å². The molecule has 0 amide bonds. The molecule has 0 N–H and O–H groups in total. The lowest BCUT2D eigenvalue weighted by atomic mass is 10.5. The Morgan fingerprint density at radius 1 is 0.933 bits per heavy atom. The molecule has 0 aromatic rings. The van der Waals surface area contributed by atoms with Gasteiger partial charge in [0.2, 0.25) is 0 Å². The van der Waals surface area contributed by atoms with Crippen LogP contribution in [-0.2, 0) is 9.47 Å². The highest BCUT2D eigenvalue weighted by molar-refractivity contribution is 4.45. The number of ether oxygens (including phenoxy) is 2. The van der Waals surface area contributed by atoms with Crippen molar-refractivity contribution in [2.45, 2.75) is 54.9 Å². The Labute approximate surface area is 97.7 Å². The molecule has 0 saturated carbocycles. The van der Waals surface area contributed by atoms with Crippen molar-refractivity contribution in [3.8, 4) is 0 Å². The molecule has 0 saturated heterocycles. The lowest BCUT2D eigenvalue weighted by molar-refractivity contribution is 0.148. The van der Waals surface area contributed by atoms with Crippen molar-refractivity contribution >= 4 is 0 Å². The van der Waals surface area contributed by atoms with Crippen LogP contribution in [0.4, 0.5) is 0 Å². The topological polar surface area (TPSA) is 18.5 Å². The van der Waals surface area contributed by atoms with Gasteiger partial charge in [0.1, 0.15) is 0 Å². The molecular formula is C13H32O2. The predicted molar refractivity (Wildman–Crippen MR) is 71.3 cm³/mol. The van der Waals surface area contributed by atoms with E-state index in [-0.39, 0.29) is 0 Å². The van der Waals surface area contributed by atoms with Crippen LogP contribution in [0.5, 0.6) is 0 Å². The summed E-state index contributed by atoms with van der Waals surface area (Å²) in [6, 6.07) is 0. The fourth-order valence-electron chi connectivity index (χ4n) is 0.407. The molecular weight excluding hydrogens is 188 g/mol. The molecule has 15 heavy (non-hydrogen) atoms. The molecule has 0 heterocycles. The predicted octanol–water partition coefficient (Wildman–Crippen LogP) is 4.65. The maximum atomic E-state index is 4.98. The zero-order valence-electron chi connectivity index (χ0n) is 11.9. The molecule has 0 aromatic carbocycles. The number of hydrogen-bond acceptors (Lipinski definition) is 2. The third-order valence-electron chi connectivity index (χ3n) is 0.837. The first-order valence-electron chi connectivity index (χ1n) is 6.13. The van der Waals surface area contributed by atoms with Crippen LogP contribution < -0.4 is 0 Å². The monoisotopic (exact) mass is 220 g/mol. The van der Waals surface area contributed by atoms with Gasteiger partial charge < -0.3 is 9.47 Å². The molecule has 0 aliphatic rings. The van der Waals surface area contributed by atoms with Gasteiger partial charge in [-0.2, -0.15) is 0 Å².